The molecule has 67 heavy (non-hydrogen) atoms. The highest BCUT2D eigenvalue weighted by Crippen LogP contribution is 2.43. The van der Waals surface area contributed by atoms with Gasteiger partial charge in [0.1, 0.15) is 0 Å². The Kier molecular flexibility index (Phi) is 9.32. The van der Waals surface area contributed by atoms with Crippen LogP contribution in [0.2, 0.25) is 0 Å². The molecule has 0 amide bonds. The molecule has 10 aromatic carbocycles. The van der Waals surface area contributed by atoms with Crippen LogP contribution in [0.5, 0.6) is 0 Å². The summed E-state index contributed by atoms with van der Waals surface area (Å²) < 4.78 is 4.74. The van der Waals surface area contributed by atoms with Gasteiger partial charge in [0.05, 0.1) is 22.2 Å². The highest BCUT2D eigenvalue weighted by atomic mass is 32.1. The lowest BCUT2D eigenvalue weighted by atomic mass is 10.0. The van der Waals surface area contributed by atoms with E-state index in [4.69, 9.17) is 9.97 Å². The van der Waals surface area contributed by atoms with E-state index in [0.717, 1.165) is 50.3 Å². The maximum Gasteiger partial charge on any atom is 0.235 e. The number of benzene rings is 10. The molecule has 0 saturated carbocycles. The van der Waals surface area contributed by atoms with Crippen molar-refractivity contribution in [2.45, 2.75) is 0 Å². The fraction of sp³-hybridized carbons (Fsp3) is 0. The van der Waals surface area contributed by atoms with Crippen LogP contribution < -0.4 is 4.90 Å². The van der Waals surface area contributed by atoms with Crippen LogP contribution in [0.4, 0.5) is 17.1 Å². The number of rotatable bonds is 8. The molecule has 0 bridgehead atoms. The number of nitrogens with zero attached hydrogens (tertiary/aromatic N) is 4. The molecule has 0 atom stereocenters. The Hall–Kier alpha value is -8.64. The summed E-state index contributed by atoms with van der Waals surface area (Å²) in [7, 11) is 0. The summed E-state index contributed by atoms with van der Waals surface area (Å²) in [5, 5.41) is 5.88. The monoisotopic (exact) mass is 872 g/mol. The van der Waals surface area contributed by atoms with Gasteiger partial charge in [-0.25, -0.2) is 9.97 Å². The van der Waals surface area contributed by atoms with Crippen LogP contribution in [0.3, 0.4) is 0 Å². The van der Waals surface area contributed by atoms with Gasteiger partial charge in [0.25, 0.3) is 0 Å². The first kappa shape index (κ1) is 38.8. The molecular weight excluding hydrogens is 833 g/mol. The average molecular weight is 873 g/mol. The van der Waals surface area contributed by atoms with Crippen molar-refractivity contribution in [3.8, 4) is 50.6 Å². The molecule has 13 aromatic rings. The maximum absolute atomic E-state index is 5.28. The lowest BCUT2D eigenvalue weighted by Crippen LogP contribution is -2.09. The molecule has 13 rings (SSSR count). The number of hydrogen-bond acceptors (Lipinski definition) is 4. The molecule has 0 aliphatic carbocycles. The molecular formula is C62H40N4S. The van der Waals surface area contributed by atoms with E-state index in [-0.39, 0.29) is 0 Å². The van der Waals surface area contributed by atoms with E-state index < -0.39 is 0 Å². The van der Waals surface area contributed by atoms with Gasteiger partial charge in [0, 0.05) is 59.0 Å². The summed E-state index contributed by atoms with van der Waals surface area (Å²) in [5.41, 5.74) is 15.5. The zero-order chi connectivity index (χ0) is 44.3. The molecule has 0 radical (unpaired) electrons. The molecule has 314 valence electrons. The number of aromatic nitrogens is 3. The number of hydrogen-bond donors (Lipinski definition) is 0. The van der Waals surface area contributed by atoms with Crippen LogP contribution in [0, 0.1) is 0 Å². The van der Waals surface area contributed by atoms with Crippen molar-refractivity contribution in [2.75, 3.05) is 4.90 Å². The summed E-state index contributed by atoms with van der Waals surface area (Å²) in [4.78, 5) is 12.8. The topological polar surface area (TPSA) is 34.0 Å². The van der Waals surface area contributed by atoms with E-state index in [2.05, 4.69) is 240 Å². The van der Waals surface area contributed by atoms with Gasteiger partial charge in [-0.1, -0.05) is 170 Å². The van der Waals surface area contributed by atoms with E-state index in [9.17, 15) is 0 Å². The molecule has 0 N–H and O–H groups in total. The van der Waals surface area contributed by atoms with Gasteiger partial charge in [0.15, 0.2) is 0 Å². The van der Waals surface area contributed by atoms with Crippen LogP contribution in [0.25, 0.3) is 103 Å². The Morgan fingerprint density at radius 2 is 0.836 bits per heavy atom. The van der Waals surface area contributed by atoms with Gasteiger partial charge < -0.3 is 4.90 Å². The minimum atomic E-state index is 0.662. The van der Waals surface area contributed by atoms with Crippen LogP contribution in [-0.4, -0.2) is 14.5 Å². The first-order chi connectivity index (χ1) is 33.2. The molecule has 0 aliphatic heterocycles. The normalized spacial score (nSPS) is 11.6. The molecule has 0 fully saturated rings. The molecule has 5 heteroatoms. The molecule has 3 heterocycles. The SMILES string of the molecule is c1ccc(-c2ccc(N(c3ccc(-c4ccccc4)cc3)c3ccc4sc5cc(-c6ccc7c(c6)c6ccccc6n7-c6nc(-c7ccccc7)c7ccccc7n6)ccc5c4c3)cc2)cc1. The molecule has 0 aliphatic rings. The highest BCUT2D eigenvalue weighted by Gasteiger charge is 2.19. The van der Waals surface area contributed by atoms with Crippen LogP contribution >= 0.6 is 11.3 Å². The zero-order valence-electron chi connectivity index (χ0n) is 36.3. The summed E-state index contributed by atoms with van der Waals surface area (Å²) >= 11 is 1.85. The molecule has 0 spiro atoms. The molecule has 3 aromatic heterocycles. The summed E-state index contributed by atoms with van der Waals surface area (Å²) in [5.74, 6) is 0.662. The summed E-state index contributed by atoms with van der Waals surface area (Å²) in [6.07, 6.45) is 0. The molecule has 4 nitrogen and oxygen atoms in total. The fourth-order valence-electron chi connectivity index (χ4n) is 9.75. The predicted octanol–water partition coefficient (Wildman–Crippen LogP) is 17.2. The first-order valence-electron chi connectivity index (χ1n) is 22.6. The largest absolute Gasteiger partial charge is 0.310 e. The van der Waals surface area contributed by atoms with Crippen molar-refractivity contribution >= 4 is 81.3 Å². The van der Waals surface area contributed by atoms with Crippen molar-refractivity contribution in [2.24, 2.45) is 0 Å². The maximum atomic E-state index is 5.28. The second-order valence-electron chi connectivity index (χ2n) is 17.0. The second kappa shape index (κ2) is 16.1. The van der Waals surface area contributed by atoms with Crippen LogP contribution in [-0.2, 0) is 0 Å². The Morgan fingerprint density at radius 1 is 0.313 bits per heavy atom. The standard InChI is InChI=1S/C62H40N4S/c1-4-14-41(15-5-1)43-24-30-48(31-25-43)65(49-32-26-44(27-33-49)42-16-6-2-7-17-42)50-34-37-59-55(40-50)52-35-28-47(39-60(52)67-59)46-29-36-58-54(38-46)51-20-11-13-23-57(51)66(58)62-63-56-22-12-10-21-53(56)61(64-62)45-18-8-3-9-19-45/h1-40H. The fourth-order valence-corrected chi connectivity index (χ4v) is 10.9. The van der Waals surface area contributed by atoms with E-state index in [1.165, 1.54) is 64.3 Å². The summed E-state index contributed by atoms with van der Waals surface area (Å²) in [6, 6.07) is 87.0. The minimum absolute atomic E-state index is 0.662. The van der Waals surface area contributed by atoms with E-state index >= 15 is 0 Å². The minimum Gasteiger partial charge on any atom is -0.310 e. The van der Waals surface area contributed by atoms with Gasteiger partial charge in [-0.05, 0) is 106 Å². The van der Waals surface area contributed by atoms with Gasteiger partial charge in [-0.2, -0.15) is 0 Å². The van der Waals surface area contributed by atoms with E-state index in [1.807, 2.05) is 23.5 Å². The van der Waals surface area contributed by atoms with Crippen molar-refractivity contribution < 1.29 is 0 Å². The summed E-state index contributed by atoms with van der Waals surface area (Å²) in [6.45, 7) is 0. The van der Waals surface area contributed by atoms with Crippen LogP contribution in [0.1, 0.15) is 0 Å². The Balaban J connectivity index is 0.894. The third-order valence-corrected chi connectivity index (χ3v) is 14.2. The lowest BCUT2D eigenvalue weighted by Gasteiger charge is -2.26. The number of fused-ring (bicyclic) bond motifs is 7. The van der Waals surface area contributed by atoms with Gasteiger partial charge in [-0.3, -0.25) is 4.57 Å². The smallest absolute Gasteiger partial charge is 0.235 e. The number of anilines is 3. The van der Waals surface area contributed by atoms with Crippen molar-refractivity contribution in [1.82, 2.24) is 14.5 Å². The average Bonchev–Trinajstić information content (AvgIpc) is 3.94. The van der Waals surface area contributed by atoms with E-state index in [0.29, 0.717) is 5.95 Å². The number of para-hydroxylation sites is 2. The van der Waals surface area contributed by atoms with Crippen LogP contribution in [0.15, 0.2) is 243 Å². The quantitative estimate of drug-likeness (QED) is 0.153. The van der Waals surface area contributed by atoms with Gasteiger partial charge in [0.2, 0.25) is 5.95 Å². The third kappa shape index (κ3) is 6.84. The Labute approximate surface area is 391 Å². The third-order valence-electron chi connectivity index (χ3n) is 13.0. The van der Waals surface area contributed by atoms with E-state index in [1.54, 1.807) is 0 Å². The lowest BCUT2D eigenvalue weighted by molar-refractivity contribution is 1.01. The van der Waals surface area contributed by atoms with Crippen molar-refractivity contribution in [1.29, 1.82) is 0 Å². The Morgan fingerprint density at radius 3 is 1.52 bits per heavy atom. The molecule has 0 saturated heterocycles. The highest BCUT2D eigenvalue weighted by molar-refractivity contribution is 7.25. The van der Waals surface area contributed by atoms with Gasteiger partial charge in [-0.15, -0.1) is 11.3 Å². The first-order valence-corrected chi connectivity index (χ1v) is 23.5. The Bertz CT molecular complexity index is 3870. The van der Waals surface area contributed by atoms with Gasteiger partial charge >= 0.3 is 0 Å². The number of thiophene rings is 1. The second-order valence-corrected chi connectivity index (χ2v) is 18.1. The zero-order valence-corrected chi connectivity index (χ0v) is 37.1. The van der Waals surface area contributed by atoms with Crippen molar-refractivity contribution in [3.05, 3.63) is 243 Å². The molecule has 0 unspecified atom stereocenters. The predicted molar refractivity (Wildman–Crippen MR) is 283 cm³/mol. The van der Waals surface area contributed by atoms with Crippen molar-refractivity contribution in [3.63, 3.8) is 0 Å².